The van der Waals surface area contributed by atoms with Gasteiger partial charge >= 0.3 is 0 Å². The predicted molar refractivity (Wildman–Crippen MR) is 48.4 cm³/mol. The van der Waals surface area contributed by atoms with Gasteiger partial charge in [0.1, 0.15) is 0 Å². The molecule has 2 rings (SSSR count). The molecule has 2 aliphatic rings. The highest BCUT2D eigenvalue weighted by Gasteiger charge is 2.53. The van der Waals surface area contributed by atoms with Gasteiger partial charge in [-0.3, -0.25) is 0 Å². The first-order valence-electron chi connectivity index (χ1n) is 4.78. The maximum atomic E-state index is 8.76. The van der Waals surface area contributed by atoms with Crippen LogP contribution in [0, 0.1) is 23.2 Å². The van der Waals surface area contributed by atoms with Gasteiger partial charge in [-0.05, 0) is 30.1 Å². The van der Waals surface area contributed by atoms with Crippen molar-refractivity contribution in [1.82, 2.24) is 0 Å². The van der Waals surface area contributed by atoms with E-state index in [1.54, 1.807) is 0 Å². The number of oxime groups is 1. The first-order chi connectivity index (χ1) is 5.57. The summed E-state index contributed by atoms with van der Waals surface area (Å²) in [5.74, 6) is 2.00. The van der Waals surface area contributed by atoms with Crippen molar-refractivity contribution >= 4 is 5.71 Å². The van der Waals surface area contributed by atoms with Crippen LogP contribution in [-0.4, -0.2) is 10.9 Å². The van der Waals surface area contributed by atoms with Crippen molar-refractivity contribution in [2.45, 2.75) is 33.6 Å². The monoisotopic (exact) mass is 167 g/mol. The molecule has 3 unspecified atom stereocenters. The minimum absolute atomic E-state index is 0.457. The highest BCUT2D eigenvalue weighted by atomic mass is 16.4. The van der Waals surface area contributed by atoms with Gasteiger partial charge < -0.3 is 5.21 Å². The highest BCUT2D eigenvalue weighted by Crippen LogP contribution is 2.57. The van der Waals surface area contributed by atoms with Crippen LogP contribution in [0.15, 0.2) is 5.16 Å². The summed E-state index contributed by atoms with van der Waals surface area (Å²) in [5, 5.41) is 12.2. The molecule has 3 atom stereocenters. The second kappa shape index (κ2) is 2.24. The van der Waals surface area contributed by atoms with E-state index in [-0.39, 0.29) is 0 Å². The third-order valence-corrected chi connectivity index (χ3v) is 4.38. The van der Waals surface area contributed by atoms with Crippen LogP contribution in [0.5, 0.6) is 0 Å². The Morgan fingerprint density at radius 1 is 1.50 bits per heavy atom. The molecular weight excluding hydrogens is 150 g/mol. The largest absolute Gasteiger partial charge is 0.411 e. The van der Waals surface area contributed by atoms with Crippen LogP contribution in [0.1, 0.15) is 33.6 Å². The van der Waals surface area contributed by atoms with Crippen LogP contribution in [0.25, 0.3) is 0 Å². The fraction of sp³-hybridized carbons (Fsp3) is 0.900. The molecule has 1 N–H and O–H groups in total. The molecule has 0 amide bonds. The normalized spacial score (nSPS) is 47.2. The SMILES string of the molecule is CC1C2CC(C/C2=N/O)C1(C)C. The van der Waals surface area contributed by atoms with E-state index in [1.807, 2.05) is 0 Å². The van der Waals surface area contributed by atoms with Gasteiger partial charge in [0.25, 0.3) is 0 Å². The smallest absolute Gasteiger partial charge is 0.0607 e. The molecule has 0 aromatic rings. The standard InChI is InChI=1S/C10H17NO/c1-6-8-4-7(10(6,2)3)5-9(8)11-12/h6-8,12H,4-5H2,1-3H3/b11-9-. The van der Waals surface area contributed by atoms with E-state index in [2.05, 4.69) is 25.9 Å². The van der Waals surface area contributed by atoms with E-state index in [1.165, 1.54) is 6.42 Å². The first kappa shape index (κ1) is 8.09. The Morgan fingerprint density at radius 2 is 2.17 bits per heavy atom. The van der Waals surface area contributed by atoms with Crippen molar-refractivity contribution in [1.29, 1.82) is 0 Å². The van der Waals surface area contributed by atoms with Gasteiger partial charge in [0.15, 0.2) is 0 Å². The Bertz CT molecular complexity index is 228. The van der Waals surface area contributed by atoms with Crippen molar-refractivity contribution in [3.05, 3.63) is 0 Å². The minimum atomic E-state index is 0.457. The Kier molecular flexibility index (Phi) is 1.51. The maximum absolute atomic E-state index is 8.76. The lowest BCUT2D eigenvalue weighted by atomic mass is 9.69. The second-order valence-electron chi connectivity index (χ2n) is 4.94. The molecule has 0 heterocycles. The van der Waals surface area contributed by atoms with E-state index in [0.717, 1.165) is 18.1 Å². The third kappa shape index (κ3) is 0.782. The molecule has 0 aromatic carbocycles. The number of rotatable bonds is 0. The third-order valence-electron chi connectivity index (χ3n) is 4.38. The Morgan fingerprint density at radius 3 is 2.58 bits per heavy atom. The van der Waals surface area contributed by atoms with Gasteiger partial charge in [-0.2, -0.15) is 0 Å². The predicted octanol–water partition coefficient (Wildman–Crippen LogP) is 2.52. The Hall–Kier alpha value is -0.530. The molecule has 68 valence electrons. The second-order valence-corrected chi connectivity index (χ2v) is 4.94. The van der Waals surface area contributed by atoms with Crippen molar-refractivity contribution in [2.24, 2.45) is 28.3 Å². The van der Waals surface area contributed by atoms with Crippen LogP contribution < -0.4 is 0 Å². The van der Waals surface area contributed by atoms with Crippen molar-refractivity contribution in [3.63, 3.8) is 0 Å². The summed E-state index contributed by atoms with van der Waals surface area (Å²) in [6, 6.07) is 0. The van der Waals surface area contributed by atoms with Crippen molar-refractivity contribution in [2.75, 3.05) is 0 Å². The number of hydrogen-bond acceptors (Lipinski definition) is 2. The summed E-state index contributed by atoms with van der Waals surface area (Å²) in [6.07, 6.45) is 2.27. The Labute approximate surface area is 73.7 Å². The topological polar surface area (TPSA) is 32.6 Å². The molecule has 2 aliphatic carbocycles. The molecule has 0 saturated heterocycles. The average Bonchev–Trinajstić information content (AvgIpc) is 2.52. The van der Waals surface area contributed by atoms with E-state index >= 15 is 0 Å². The summed E-state index contributed by atoms with van der Waals surface area (Å²) in [7, 11) is 0. The van der Waals surface area contributed by atoms with Crippen LogP contribution in [0.3, 0.4) is 0 Å². The van der Waals surface area contributed by atoms with Crippen molar-refractivity contribution < 1.29 is 5.21 Å². The van der Waals surface area contributed by atoms with Gasteiger partial charge in [-0.1, -0.05) is 25.9 Å². The van der Waals surface area contributed by atoms with E-state index in [0.29, 0.717) is 17.3 Å². The lowest BCUT2D eigenvalue weighted by Crippen LogP contribution is -2.33. The van der Waals surface area contributed by atoms with Crippen LogP contribution in [0.2, 0.25) is 0 Å². The zero-order valence-electron chi connectivity index (χ0n) is 8.04. The molecule has 2 heteroatoms. The lowest BCUT2D eigenvalue weighted by Gasteiger charge is -2.36. The maximum Gasteiger partial charge on any atom is 0.0607 e. The van der Waals surface area contributed by atoms with E-state index in [9.17, 15) is 0 Å². The van der Waals surface area contributed by atoms with Crippen molar-refractivity contribution in [3.8, 4) is 0 Å². The fourth-order valence-corrected chi connectivity index (χ4v) is 2.99. The van der Waals surface area contributed by atoms with Gasteiger partial charge in [-0.25, -0.2) is 0 Å². The molecule has 2 fully saturated rings. The van der Waals surface area contributed by atoms with Gasteiger partial charge in [0.2, 0.25) is 0 Å². The fourth-order valence-electron chi connectivity index (χ4n) is 2.99. The summed E-state index contributed by atoms with van der Waals surface area (Å²) >= 11 is 0. The van der Waals surface area contributed by atoms with Gasteiger partial charge in [-0.15, -0.1) is 0 Å². The molecule has 2 nitrogen and oxygen atoms in total. The summed E-state index contributed by atoms with van der Waals surface area (Å²) in [4.78, 5) is 0. The molecule has 2 saturated carbocycles. The minimum Gasteiger partial charge on any atom is -0.411 e. The van der Waals surface area contributed by atoms with Crippen LogP contribution >= 0.6 is 0 Å². The molecule has 0 aliphatic heterocycles. The number of fused-ring (bicyclic) bond motifs is 2. The molecule has 0 aromatic heterocycles. The summed E-state index contributed by atoms with van der Waals surface area (Å²) in [6.45, 7) is 6.97. The molecule has 2 bridgehead atoms. The first-order valence-corrected chi connectivity index (χ1v) is 4.78. The number of hydrogen-bond donors (Lipinski definition) is 1. The average molecular weight is 167 g/mol. The Balaban J connectivity index is 2.29. The molecule has 12 heavy (non-hydrogen) atoms. The molecule has 0 spiro atoms. The quantitative estimate of drug-likeness (QED) is 0.436. The van der Waals surface area contributed by atoms with E-state index in [4.69, 9.17) is 5.21 Å². The molecular formula is C10H17NO. The molecule has 0 radical (unpaired) electrons. The summed E-state index contributed by atoms with van der Waals surface area (Å²) < 4.78 is 0. The van der Waals surface area contributed by atoms with Gasteiger partial charge in [0, 0.05) is 5.92 Å². The van der Waals surface area contributed by atoms with Crippen LogP contribution in [0.4, 0.5) is 0 Å². The summed E-state index contributed by atoms with van der Waals surface area (Å²) in [5.41, 5.74) is 1.51. The number of nitrogens with zero attached hydrogens (tertiary/aromatic N) is 1. The lowest BCUT2D eigenvalue weighted by molar-refractivity contribution is 0.178. The van der Waals surface area contributed by atoms with Crippen LogP contribution in [-0.2, 0) is 0 Å². The zero-order valence-corrected chi connectivity index (χ0v) is 8.04. The highest BCUT2D eigenvalue weighted by molar-refractivity contribution is 5.90. The van der Waals surface area contributed by atoms with Gasteiger partial charge in [0.05, 0.1) is 5.71 Å². The van der Waals surface area contributed by atoms with E-state index < -0.39 is 0 Å². The zero-order chi connectivity index (χ0) is 8.93.